The molecule has 0 spiro atoms. The first-order valence-electron chi connectivity index (χ1n) is 8.35. The highest BCUT2D eigenvalue weighted by atomic mass is 32.1. The van der Waals surface area contributed by atoms with Gasteiger partial charge in [0.25, 0.3) is 0 Å². The summed E-state index contributed by atoms with van der Waals surface area (Å²) in [5.41, 5.74) is 4.92. The zero-order valence-corrected chi connectivity index (χ0v) is 16.3. The van der Waals surface area contributed by atoms with Gasteiger partial charge in [-0.3, -0.25) is 0 Å². The van der Waals surface area contributed by atoms with Crippen LogP contribution in [0.3, 0.4) is 0 Å². The van der Waals surface area contributed by atoms with Crippen LogP contribution in [0.4, 0.5) is 11.4 Å². The second-order valence-corrected chi connectivity index (χ2v) is 8.64. The minimum Gasteiger partial charge on any atom is -0.332 e. The highest BCUT2D eigenvalue weighted by molar-refractivity contribution is 7.80. The molecular weight excluding hydrogens is 312 g/mol. The Hall–Kier alpha value is -1.87. The van der Waals surface area contributed by atoms with Crippen molar-refractivity contribution in [2.75, 3.05) is 10.6 Å². The molecule has 2 nitrogen and oxygen atoms in total. The van der Waals surface area contributed by atoms with Gasteiger partial charge >= 0.3 is 0 Å². The van der Waals surface area contributed by atoms with Gasteiger partial charge in [-0.1, -0.05) is 65.8 Å². The number of benzene rings is 2. The summed E-state index contributed by atoms with van der Waals surface area (Å²) < 4.78 is 0. The van der Waals surface area contributed by atoms with Gasteiger partial charge < -0.3 is 10.6 Å². The molecule has 2 rings (SSSR count). The lowest BCUT2D eigenvalue weighted by molar-refractivity contribution is 0.590. The average Bonchev–Trinajstić information content (AvgIpc) is 2.46. The predicted octanol–water partition coefficient (Wildman–Crippen LogP) is 6.09. The fraction of sp³-hybridized carbons (Fsp3) is 0.381. The number of rotatable bonds is 2. The van der Waals surface area contributed by atoms with Gasteiger partial charge in [0, 0.05) is 11.4 Å². The van der Waals surface area contributed by atoms with E-state index in [0.29, 0.717) is 5.11 Å². The fourth-order valence-corrected chi connectivity index (χ4v) is 2.64. The summed E-state index contributed by atoms with van der Waals surface area (Å²) in [6.07, 6.45) is 0. The van der Waals surface area contributed by atoms with Crippen LogP contribution in [0.2, 0.25) is 0 Å². The van der Waals surface area contributed by atoms with E-state index in [2.05, 4.69) is 101 Å². The molecule has 0 radical (unpaired) electrons. The van der Waals surface area contributed by atoms with Crippen molar-refractivity contribution in [1.82, 2.24) is 0 Å². The van der Waals surface area contributed by atoms with E-state index in [4.69, 9.17) is 12.2 Å². The zero-order valence-electron chi connectivity index (χ0n) is 15.5. The summed E-state index contributed by atoms with van der Waals surface area (Å²) in [4.78, 5) is 0. The van der Waals surface area contributed by atoms with Gasteiger partial charge in [-0.25, -0.2) is 0 Å². The Kier molecular flexibility index (Phi) is 5.34. The third-order valence-corrected chi connectivity index (χ3v) is 4.22. The van der Waals surface area contributed by atoms with Gasteiger partial charge in [0.2, 0.25) is 0 Å². The van der Waals surface area contributed by atoms with Crippen molar-refractivity contribution < 1.29 is 0 Å². The molecule has 0 aliphatic heterocycles. The van der Waals surface area contributed by atoms with Crippen LogP contribution < -0.4 is 10.6 Å². The van der Waals surface area contributed by atoms with Gasteiger partial charge in [-0.2, -0.15) is 0 Å². The first kappa shape index (κ1) is 18.5. The van der Waals surface area contributed by atoms with Crippen molar-refractivity contribution in [2.24, 2.45) is 0 Å². The highest BCUT2D eigenvalue weighted by Gasteiger charge is 2.14. The van der Waals surface area contributed by atoms with Crippen LogP contribution in [-0.4, -0.2) is 5.11 Å². The van der Waals surface area contributed by atoms with E-state index in [-0.39, 0.29) is 10.8 Å². The molecule has 2 N–H and O–H groups in total. The number of hydrogen-bond donors (Lipinski definition) is 2. The highest BCUT2D eigenvalue weighted by Crippen LogP contribution is 2.25. The molecule has 0 saturated heterocycles. The van der Waals surface area contributed by atoms with E-state index < -0.39 is 0 Å². The van der Waals surface area contributed by atoms with Crippen molar-refractivity contribution >= 4 is 28.7 Å². The number of anilines is 2. The van der Waals surface area contributed by atoms with Crippen molar-refractivity contribution in [3.63, 3.8) is 0 Å². The van der Waals surface area contributed by atoms with Crippen LogP contribution >= 0.6 is 12.2 Å². The molecule has 0 amide bonds. The fourth-order valence-electron chi connectivity index (χ4n) is 2.40. The molecule has 0 fully saturated rings. The second kappa shape index (κ2) is 6.94. The molecule has 128 valence electrons. The van der Waals surface area contributed by atoms with E-state index in [9.17, 15) is 0 Å². The Bertz CT molecular complexity index is 625. The second-order valence-electron chi connectivity index (χ2n) is 8.23. The van der Waals surface area contributed by atoms with Crippen LogP contribution in [0, 0.1) is 0 Å². The molecule has 0 atom stereocenters. The zero-order chi connectivity index (χ0) is 18.0. The largest absolute Gasteiger partial charge is 0.332 e. The molecular formula is C21H28N2S. The summed E-state index contributed by atoms with van der Waals surface area (Å²) in [6.45, 7) is 13.3. The van der Waals surface area contributed by atoms with E-state index in [1.165, 1.54) is 11.1 Å². The minimum absolute atomic E-state index is 0.159. The standard InChI is InChI=1S/C21H28N2S/c1-20(2,3)15-7-11-17(12-8-15)22-19(24)23-18-13-9-16(10-14-18)21(4,5)6/h7-14H,1-6H3,(H2,22,23,24). The molecule has 0 saturated carbocycles. The quantitative estimate of drug-likeness (QED) is 0.647. The maximum Gasteiger partial charge on any atom is 0.175 e. The first-order chi connectivity index (χ1) is 11.1. The summed E-state index contributed by atoms with van der Waals surface area (Å²) in [5.74, 6) is 0. The van der Waals surface area contributed by atoms with Crippen LogP contribution in [0.25, 0.3) is 0 Å². The first-order valence-corrected chi connectivity index (χ1v) is 8.76. The lowest BCUT2D eigenvalue weighted by Crippen LogP contribution is -2.19. The molecule has 24 heavy (non-hydrogen) atoms. The smallest absolute Gasteiger partial charge is 0.175 e. The van der Waals surface area contributed by atoms with Gasteiger partial charge in [-0.15, -0.1) is 0 Å². The monoisotopic (exact) mass is 340 g/mol. The minimum atomic E-state index is 0.159. The van der Waals surface area contributed by atoms with Gasteiger partial charge in [0.1, 0.15) is 0 Å². The summed E-state index contributed by atoms with van der Waals surface area (Å²) >= 11 is 5.41. The Labute approximate surface area is 151 Å². The lowest BCUT2D eigenvalue weighted by Gasteiger charge is -2.20. The van der Waals surface area contributed by atoms with Gasteiger partial charge in [0.15, 0.2) is 5.11 Å². The Morgan fingerprint density at radius 3 is 1.17 bits per heavy atom. The third kappa shape index (κ3) is 5.07. The Morgan fingerprint density at radius 2 is 0.917 bits per heavy atom. The van der Waals surface area contributed by atoms with Gasteiger partial charge in [0.05, 0.1) is 0 Å². The Morgan fingerprint density at radius 1 is 0.625 bits per heavy atom. The van der Waals surface area contributed by atoms with E-state index in [0.717, 1.165) is 11.4 Å². The summed E-state index contributed by atoms with van der Waals surface area (Å²) in [5, 5.41) is 7.07. The molecule has 0 unspecified atom stereocenters. The van der Waals surface area contributed by atoms with Gasteiger partial charge in [-0.05, 0) is 58.4 Å². The maximum atomic E-state index is 5.41. The van der Waals surface area contributed by atoms with E-state index >= 15 is 0 Å². The van der Waals surface area contributed by atoms with Crippen LogP contribution in [0.15, 0.2) is 48.5 Å². The molecule has 3 heteroatoms. The number of thiocarbonyl (C=S) groups is 1. The summed E-state index contributed by atoms with van der Waals surface area (Å²) in [6, 6.07) is 16.8. The van der Waals surface area contributed by atoms with Crippen molar-refractivity contribution in [2.45, 2.75) is 52.4 Å². The molecule has 0 heterocycles. The molecule has 0 aliphatic carbocycles. The third-order valence-electron chi connectivity index (χ3n) is 4.02. The SMILES string of the molecule is CC(C)(C)c1ccc(NC(=S)Nc2ccc(C(C)(C)C)cc2)cc1. The molecule has 0 bridgehead atoms. The van der Waals surface area contributed by atoms with Crippen LogP contribution in [0.1, 0.15) is 52.7 Å². The van der Waals surface area contributed by atoms with Crippen molar-refractivity contribution in [3.8, 4) is 0 Å². The summed E-state index contributed by atoms with van der Waals surface area (Å²) in [7, 11) is 0. The molecule has 0 aromatic heterocycles. The topological polar surface area (TPSA) is 24.1 Å². The number of hydrogen-bond acceptors (Lipinski definition) is 1. The van der Waals surface area contributed by atoms with E-state index in [1.807, 2.05) is 0 Å². The average molecular weight is 341 g/mol. The van der Waals surface area contributed by atoms with Crippen molar-refractivity contribution in [3.05, 3.63) is 59.7 Å². The van der Waals surface area contributed by atoms with Crippen LogP contribution in [-0.2, 0) is 10.8 Å². The molecule has 0 aliphatic rings. The van der Waals surface area contributed by atoms with Crippen molar-refractivity contribution in [1.29, 1.82) is 0 Å². The molecule has 2 aromatic rings. The normalized spacial score (nSPS) is 11.9. The maximum absolute atomic E-state index is 5.41. The van der Waals surface area contributed by atoms with E-state index in [1.54, 1.807) is 0 Å². The predicted molar refractivity (Wildman–Crippen MR) is 110 cm³/mol. The lowest BCUT2D eigenvalue weighted by atomic mass is 9.87. The molecule has 2 aromatic carbocycles. The number of nitrogens with one attached hydrogen (secondary N) is 2. The van der Waals surface area contributed by atoms with Crippen LogP contribution in [0.5, 0.6) is 0 Å². The Balaban J connectivity index is 1.98.